The first kappa shape index (κ1) is 20.3. The van der Waals surface area contributed by atoms with Crippen LogP contribution in [0.15, 0.2) is 52.9 Å². The maximum atomic E-state index is 12.9. The van der Waals surface area contributed by atoms with Gasteiger partial charge in [0.2, 0.25) is 0 Å². The molecule has 3 aromatic rings. The van der Waals surface area contributed by atoms with Crippen molar-refractivity contribution in [1.29, 1.82) is 0 Å². The molecule has 3 rings (SSSR count). The van der Waals surface area contributed by atoms with Crippen LogP contribution in [0.3, 0.4) is 0 Å². The molecule has 5 nitrogen and oxygen atoms in total. The number of amides is 1. The summed E-state index contributed by atoms with van der Waals surface area (Å²) in [7, 11) is 2.99. The molecule has 0 bridgehead atoms. The third-order valence-corrected chi connectivity index (χ3v) is 4.28. The molecular weight excluding hydrogens is 387 g/mol. The van der Waals surface area contributed by atoms with Crippen LogP contribution in [0.2, 0.25) is 0 Å². The van der Waals surface area contributed by atoms with E-state index >= 15 is 0 Å². The Bertz CT molecular complexity index is 1040. The number of carbonyl (C=O) groups excluding carboxylic acids is 1. The van der Waals surface area contributed by atoms with Gasteiger partial charge in [-0.25, -0.2) is 0 Å². The van der Waals surface area contributed by atoms with Gasteiger partial charge < -0.3 is 19.2 Å². The molecule has 1 heterocycles. The van der Waals surface area contributed by atoms with Crippen molar-refractivity contribution in [3.63, 3.8) is 0 Å². The molecule has 1 amide bonds. The summed E-state index contributed by atoms with van der Waals surface area (Å²) in [6.07, 6.45) is -4.46. The van der Waals surface area contributed by atoms with Crippen LogP contribution in [-0.4, -0.2) is 20.1 Å². The van der Waals surface area contributed by atoms with Gasteiger partial charge in [-0.2, -0.15) is 13.2 Å². The van der Waals surface area contributed by atoms with E-state index in [9.17, 15) is 18.0 Å². The van der Waals surface area contributed by atoms with Crippen molar-refractivity contribution in [2.45, 2.75) is 13.1 Å². The van der Waals surface area contributed by atoms with Gasteiger partial charge in [0, 0.05) is 17.3 Å². The zero-order valence-corrected chi connectivity index (χ0v) is 15.9. The fourth-order valence-corrected chi connectivity index (χ4v) is 2.76. The average molecular weight is 405 g/mol. The summed E-state index contributed by atoms with van der Waals surface area (Å²) in [6.45, 7) is 1.79. The largest absolute Gasteiger partial charge is 0.493 e. The number of hydrogen-bond acceptors (Lipinski definition) is 4. The second-order valence-electron chi connectivity index (χ2n) is 6.22. The number of ether oxygens (including phenoxy) is 2. The molecule has 1 N–H and O–H groups in total. The van der Waals surface area contributed by atoms with Crippen LogP contribution in [0, 0.1) is 6.92 Å². The number of halogens is 3. The van der Waals surface area contributed by atoms with Crippen LogP contribution in [0.25, 0.3) is 11.3 Å². The normalized spacial score (nSPS) is 11.2. The minimum absolute atomic E-state index is 0.0356. The molecule has 0 aliphatic rings. The lowest BCUT2D eigenvalue weighted by Crippen LogP contribution is -2.12. The second-order valence-corrected chi connectivity index (χ2v) is 6.22. The van der Waals surface area contributed by atoms with Gasteiger partial charge in [-0.1, -0.05) is 12.1 Å². The predicted molar refractivity (Wildman–Crippen MR) is 101 cm³/mol. The van der Waals surface area contributed by atoms with Crippen molar-refractivity contribution >= 4 is 11.6 Å². The van der Waals surface area contributed by atoms with Crippen LogP contribution in [0.1, 0.15) is 21.7 Å². The molecule has 0 aliphatic carbocycles. The van der Waals surface area contributed by atoms with Crippen molar-refractivity contribution in [3.05, 3.63) is 65.4 Å². The smallest absolute Gasteiger partial charge is 0.416 e. The summed E-state index contributed by atoms with van der Waals surface area (Å²) >= 11 is 0. The summed E-state index contributed by atoms with van der Waals surface area (Å²) in [4.78, 5) is 12.5. The molecule has 152 valence electrons. The first-order valence-corrected chi connectivity index (χ1v) is 8.54. The summed E-state index contributed by atoms with van der Waals surface area (Å²) in [5, 5.41) is 2.70. The van der Waals surface area contributed by atoms with Gasteiger partial charge >= 0.3 is 6.18 Å². The minimum Gasteiger partial charge on any atom is -0.493 e. The standard InChI is InChI=1S/C21H18F3NO4/c1-12-9-18(27-2)19(28-3)11-15(12)25-20(26)17-8-7-16(29-17)13-5-4-6-14(10-13)21(22,23)24/h4-11H,1-3H3,(H,25,26). The van der Waals surface area contributed by atoms with Gasteiger partial charge in [0.25, 0.3) is 5.91 Å². The lowest BCUT2D eigenvalue weighted by Gasteiger charge is -2.13. The summed E-state index contributed by atoms with van der Waals surface area (Å²) in [5.74, 6) is 0.542. The maximum absolute atomic E-state index is 12.9. The van der Waals surface area contributed by atoms with Crippen LogP contribution in [0.5, 0.6) is 11.5 Å². The third-order valence-electron chi connectivity index (χ3n) is 4.28. The van der Waals surface area contributed by atoms with Crippen LogP contribution < -0.4 is 14.8 Å². The van der Waals surface area contributed by atoms with E-state index in [2.05, 4.69) is 5.32 Å². The highest BCUT2D eigenvalue weighted by Crippen LogP contribution is 2.34. The molecular formula is C21H18F3NO4. The quantitative estimate of drug-likeness (QED) is 0.605. The topological polar surface area (TPSA) is 60.7 Å². The number of anilines is 1. The highest BCUT2D eigenvalue weighted by atomic mass is 19.4. The van der Waals surface area contributed by atoms with Crippen molar-refractivity contribution in [2.24, 2.45) is 0 Å². The zero-order valence-electron chi connectivity index (χ0n) is 15.9. The Kier molecular flexibility index (Phi) is 5.54. The molecule has 0 spiro atoms. The van der Waals surface area contributed by atoms with E-state index in [1.165, 1.54) is 38.5 Å². The van der Waals surface area contributed by atoms with Crippen LogP contribution >= 0.6 is 0 Å². The van der Waals surface area contributed by atoms with Gasteiger partial charge in [0.05, 0.1) is 19.8 Å². The Hall–Kier alpha value is -3.42. The van der Waals surface area contributed by atoms with E-state index in [-0.39, 0.29) is 17.1 Å². The predicted octanol–water partition coefficient (Wildman–Crippen LogP) is 5.54. The van der Waals surface area contributed by atoms with Crippen LogP contribution in [-0.2, 0) is 6.18 Å². The molecule has 0 aliphatic heterocycles. The van der Waals surface area contributed by atoms with Crippen molar-refractivity contribution < 1.29 is 31.9 Å². The van der Waals surface area contributed by atoms with E-state index < -0.39 is 17.6 Å². The number of furan rings is 1. The summed E-state index contributed by atoms with van der Waals surface area (Å²) in [5.41, 5.74) is 0.657. The van der Waals surface area contributed by atoms with Gasteiger partial charge in [0.15, 0.2) is 17.3 Å². The average Bonchev–Trinajstić information content (AvgIpc) is 3.19. The van der Waals surface area contributed by atoms with Crippen molar-refractivity contribution in [2.75, 3.05) is 19.5 Å². The molecule has 8 heteroatoms. The molecule has 0 fully saturated rings. The Morgan fingerprint density at radius 3 is 2.34 bits per heavy atom. The van der Waals surface area contributed by atoms with E-state index in [4.69, 9.17) is 13.9 Å². The SMILES string of the molecule is COc1cc(C)c(NC(=O)c2ccc(-c3cccc(C(F)(F)F)c3)o2)cc1OC. The Balaban J connectivity index is 1.84. The Morgan fingerprint density at radius 2 is 1.69 bits per heavy atom. The van der Waals surface area contributed by atoms with Gasteiger partial charge in [-0.3, -0.25) is 4.79 Å². The van der Waals surface area contributed by atoms with E-state index in [0.29, 0.717) is 17.2 Å². The van der Waals surface area contributed by atoms with Gasteiger partial charge in [0.1, 0.15) is 5.76 Å². The second kappa shape index (κ2) is 7.90. The monoisotopic (exact) mass is 405 g/mol. The van der Waals surface area contributed by atoms with E-state index in [0.717, 1.165) is 17.7 Å². The number of alkyl halides is 3. The summed E-state index contributed by atoms with van der Waals surface area (Å²) < 4.78 is 54.6. The number of aryl methyl sites for hydroxylation is 1. The lowest BCUT2D eigenvalue weighted by atomic mass is 10.1. The highest BCUT2D eigenvalue weighted by molar-refractivity contribution is 6.03. The maximum Gasteiger partial charge on any atom is 0.416 e. The minimum atomic E-state index is -4.46. The molecule has 29 heavy (non-hydrogen) atoms. The molecule has 1 aromatic heterocycles. The fourth-order valence-electron chi connectivity index (χ4n) is 2.76. The molecule has 0 saturated heterocycles. The fraction of sp³-hybridized carbons (Fsp3) is 0.190. The Morgan fingerprint density at radius 1 is 1.00 bits per heavy atom. The van der Waals surface area contributed by atoms with E-state index in [1.54, 1.807) is 19.1 Å². The lowest BCUT2D eigenvalue weighted by molar-refractivity contribution is -0.137. The molecule has 0 atom stereocenters. The van der Waals surface area contributed by atoms with Crippen molar-refractivity contribution in [3.8, 4) is 22.8 Å². The number of methoxy groups -OCH3 is 2. The third kappa shape index (κ3) is 4.37. The molecule has 0 unspecified atom stereocenters. The number of hydrogen-bond donors (Lipinski definition) is 1. The zero-order chi connectivity index (χ0) is 21.2. The number of nitrogens with one attached hydrogen (secondary N) is 1. The summed E-state index contributed by atoms with van der Waals surface area (Å²) in [6, 6.07) is 10.9. The molecule has 0 radical (unpaired) electrons. The van der Waals surface area contributed by atoms with Gasteiger partial charge in [-0.05, 0) is 42.8 Å². The highest BCUT2D eigenvalue weighted by Gasteiger charge is 2.30. The Labute approximate surface area is 165 Å². The van der Waals surface area contributed by atoms with Gasteiger partial charge in [-0.15, -0.1) is 0 Å². The first-order valence-electron chi connectivity index (χ1n) is 8.54. The van der Waals surface area contributed by atoms with E-state index in [1.807, 2.05) is 0 Å². The van der Waals surface area contributed by atoms with Crippen LogP contribution in [0.4, 0.5) is 18.9 Å². The number of benzene rings is 2. The van der Waals surface area contributed by atoms with Crippen molar-refractivity contribution in [1.82, 2.24) is 0 Å². The number of carbonyl (C=O) groups is 1. The molecule has 0 saturated carbocycles. The number of rotatable bonds is 5. The molecule has 2 aromatic carbocycles. The first-order chi connectivity index (χ1) is 13.7.